The fourth-order valence-electron chi connectivity index (χ4n) is 2.95. The normalized spacial score (nSPS) is 15.0. The van der Waals surface area contributed by atoms with E-state index in [4.69, 9.17) is 0 Å². The standard InChI is InChI=1S/C19H24N6O3S/c1-19(2,3)25-16-15(11-21-25)17(26)23-18(22-16)20-10-12-4-8-14(9-5-12)29(27,28)24-13-6-7-13/h4-5,8-9,11,13,24H,6-7,10H2,1-3H3,(H2,20,22,23,26). The molecule has 1 saturated carbocycles. The van der Waals surface area contributed by atoms with Crippen molar-refractivity contribution in [1.82, 2.24) is 24.5 Å². The van der Waals surface area contributed by atoms with Gasteiger partial charge in [0.2, 0.25) is 16.0 Å². The van der Waals surface area contributed by atoms with E-state index in [0.29, 0.717) is 23.5 Å². The minimum Gasteiger partial charge on any atom is -0.352 e. The Bertz CT molecular complexity index is 1200. The summed E-state index contributed by atoms with van der Waals surface area (Å²) in [4.78, 5) is 19.8. The van der Waals surface area contributed by atoms with Gasteiger partial charge in [-0.05, 0) is 51.3 Å². The van der Waals surface area contributed by atoms with Crippen molar-refractivity contribution in [3.63, 3.8) is 0 Å². The lowest BCUT2D eigenvalue weighted by Gasteiger charge is -2.19. The van der Waals surface area contributed by atoms with E-state index < -0.39 is 10.0 Å². The summed E-state index contributed by atoms with van der Waals surface area (Å²) in [6.45, 7) is 6.35. The van der Waals surface area contributed by atoms with Crippen LogP contribution in [0.5, 0.6) is 0 Å². The Morgan fingerprint density at radius 2 is 1.90 bits per heavy atom. The Labute approximate surface area is 168 Å². The summed E-state index contributed by atoms with van der Waals surface area (Å²) in [5.41, 5.74) is 0.801. The molecule has 2 heterocycles. The largest absolute Gasteiger partial charge is 0.352 e. The molecule has 0 bridgehead atoms. The predicted octanol–water partition coefficient (Wildman–Crippen LogP) is 1.93. The number of anilines is 1. The van der Waals surface area contributed by atoms with E-state index in [2.05, 4.69) is 25.1 Å². The van der Waals surface area contributed by atoms with E-state index >= 15 is 0 Å². The Morgan fingerprint density at radius 1 is 1.21 bits per heavy atom. The van der Waals surface area contributed by atoms with Gasteiger partial charge in [-0.2, -0.15) is 10.1 Å². The maximum Gasteiger partial charge on any atom is 0.263 e. The van der Waals surface area contributed by atoms with Crippen LogP contribution in [0.15, 0.2) is 40.2 Å². The molecule has 0 amide bonds. The van der Waals surface area contributed by atoms with Gasteiger partial charge in [0, 0.05) is 12.6 Å². The monoisotopic (exact) mass is 416 g/mol. The number of nitrogens with zero attached hydrogens (tertiary/aromatic N) is 3. The molecule has 1 aromatic carbocycles. The summed E-state index contributed by atoms with van der Waals surface area (Å²) in [6, 6.07) is 6.71. The Balaban J connectivity index is 1.51. The van der Waals surface area contributed by atoms with Gasteiger partial charge in [-0.25, -0.2) is 17.8 Å². The van der Waals surface area contributed by atoms with Gasteiger partial charge in [-0.15, -0.1) is 0 Å². The molecule has 3 aromatic rings. The van der Waals surface area contributed by atoms with Crippen LogP contribution in [0.1, 0.15) is 39.2 Å². The minimum atomic E-state index is -3.46. The summed E-state index contributed by atoms with van der Waals surface area (Å²) in [5, 5.41) is 7.81. The van der Waals surface area contributed by atoms with Crippen LogP contribution in [-0.4, -0.2) is 34.2 Å². The Kier molecular flexibility index (Phi) is 4.70. The SMILES string of the molecule is CC(C)(C)n1ncc2c(=O)[nH]c(NCc3ccc(S(=O)(=O)NC4CC4)cc3)nc21. The van der Waals surface area contributed by atoms with Gasteiger partial charge in [0.05, 0.1) is 16.6 Å². The third-order valence-corrected chi connectivity index (χ3v) is 6.20. The van der Waals surface area contributed by atoms with Gasteiger partial charge < -0.3 is 5.32 Å². The molecule has 10 heteroatoms. The topological polar surface area (TPSA) is 122 Å². The number of rotatable bonds is 6. The second-order valence-corrected chi connectivity index (χ2v) is 9.99. The van der Waals surface area contributed by atoms with Crippen molar-refractivity contribution in [2.75, 3.05) is 5.32 Å². The summed E-state index contributed by atoms with van der Waals surface area (Å²) >= 11 is 0. The zero-order chi connectivity index (χ0) is 20.8. The Hall–Kier alpha value is -2.72. The number of hydrogen-bond acceptors (Lipinski definition) is 6. The number of nitrogens with one attached hydrogen (secondary N) is 3. The summed E-state index contributed by atoms with van der Waals surface area (Å²) in [5.74, 6) is 0.334. The molecule has 2 aromatic heterocycles. The van der Waals surface area contributed by atoms with E-state index in [9.17, 15) is 13.2 Å². The first kappa shape index (κ1) is 19.6. The molecule has 1 aliphatic carbocycles. The van der Waals surface area contributed by atoms with E-state index in [1.54, 1.807) is 28.9 Å². The van der Waals surface area contributed by atoms with Gasteiger partial charge in [-0.1, -0.05) is 12.1 Å². The van der Waals surface area contributed by atoms with Crippen molar-refractivity contribution in [1.29, 1.82) is 0 Å². The number of aromatic amines is 1. The van der Waals surface area contributed by atoms with Gasteiger partial charge in [0.15, 0.2) is 5.65 Å². The lowest BCUT2D eigenvalue weighted by Crippen LogP contribution is -2.25. The second kappa shape index (κ2) is 6.96. The van der Waals surface area contributed by atoms with E-state index in [1.807, 2.05) is 20.8 Å². The van der Waals surface area contributed by atoms with Gasteiger partial charge in [0.1, 0.15) is 5.39 Å². The average molecular weight is 417 g/mol. The number of sulfonamides is 1. The predicted molar refractivity (Wildman–Crippen MR) is 110 cm³/mol. The minimum absolute atomic E-state index is 0.0701. The highest BCUT2D eigenvalue weighted by atomic mass is 32.2. The lowest BCUT2D eigenvalue weighted by atomic mass is 10.1. The fourth-order valence-corrected chi connectivity index (χ4v) is 4.26. The van der Waals surface area contributed by atoms with Crippen LogP contribution >= 0.6 is 0 Å². The zero-order valence-corrected chi connectivity index (χ0v) is 17.4. The first-order chi connectivity index (χ1) is 13.6. The Morgan fingerprint density at radius 3 is 2.52 bits per heavy atom. The van der Waals surface area contributed by atoms with Gasteiger partial charge in [-0.3, -0.25) is 9.78 Å². The number of benzene rings is 1. The first-order valence-electron chi connectivity index (χ1n) is 9.47. The number of hydrogen-bond donors (Lipinski definition) is 3. The summed E-state index contributed by atoms with van der Waals surface area (Å²) in [6.07, 6.45) is 3.31. The van der Waals surface area contributed by atoms with E-state index in [0.717, 1.165) is 18.4 Å². The van der Waals surface area contributed by atoms with Crippen LogP contribution in [0.2, 0.25) is 0 Å². The van der Waals surface area contributed by atoms with Crippen molar-refractivity contribution in [2.45, 2.75) is 56.6 Å². The second-order valence-electron chi connectivity index (χ2n) is 8.27. The molecular weight excluding hydrogens is 392 g/mol. The van der Waals surface area contributed by atoms with Crippen molar-refractivity contribution >= 4 is 27.0 Å². The smallest absolute Gasteiger partial charge is 0.263 e. The molecule has 1 aliphatic rings. The zero-order valence-electron chi connectivity index (χ0n) is 16.6. The van der Waals surface area contributed by atoms with Gasteiger partial charge >= 0.3 is 0 Å². The highest BCUT2D eigenvalue weighted by Crippen LogP contribution is 2.22. The van der Waals surface area contributed by atoms with E-state index in [-0.39, 0.29) is 22.0 Å². The molecule has 0 radical (unpaired) electrons. The van der Waals surface area contributed by atoms with Gasteiger partial charge in [0.25, 0.3) is 5.56 Å². The molecular formula is C19H24N6O3S. The van der Waals surface area contributed by atoms with Crippen LogP contribution < -0.4 is 15.6 Å². The highest BCUT2D eigenvalue weighted by Gasteiger charge is 2.27. The van der Waals surface area contributed by atoms with Crippen molar-refractivity contribution < 1.29 is 8.42 Å². The van der Waals surface area contributed by atoms with Crippen LogP contribution in [0.3, 0.4) is 0 Å². The quantitative estimate of drug-likeness (QED) is 0.564. The molecule has 0 aliphatic heterocycles. The number of aromatic nitrogens is 4. The number of fused-ring (bicyclic) bond motifs is 1. The molecule has 0 unspecified atom stereocenters. The molecule has 29 heavy (non-hydrogen) atoms. The van der Waals surface area contributed by atoms with Crippen molar-refractivity contribution in [3.05, 3.63) is 46.4 Å². The maximum absolute atomic E-state index is 12.3. The molecule has 0 saturated heterocycles. The molecule has 0 spiro atoms. The average Bonchev–Trinajstić information content (AvgIpc) is 3.32. The van der Waals surface area contributed by atoms with Crippen molar-refractivity contribution in [2.24, 2.45) is 0 Å². The van der Waals surface area contributed by atoms with Crippen LogP contribution in [0.4, 0.5) is 5.95 Å². The fraction of sp³-hybridized carbons (Fsp3) is 0.421. The molecule has 3 N–H and O–H groups in total. The van der Waals surface area contributed by atoms with Crippen LogP contribution in [0.25, 0.3) is 11.0 Å². The third kappa shape index (κ3) is 4.18. The molecule has 4 rings (SSSR count). The highest BCUT2D eigenvalue weighted by molar-refractivity contribution is 7.89. The third-order valence-electron chi connectivity index (χ3n) is 4.67. The first-order valence-corrected chi connectivity index (χ1v) is 11.0. The summed E-state index contributed by atoms with van der Waals surface area (Å²) < 4.78 is 28.9. The lowest BCUT2D eigenvalue weighted by molar-refractivity contribution is 0.366. The van der Waals surface area contributed by atoms with E-state index in [1.165, 1.54) is 6.20 Å². The molecule has 1 fully saturated rings. The molecule has 154 valence electrons. The van der Waals surface area contributed by atoms with Crippen LogP contribution in [0, 0.1) is 0 Å². The molecule has 9 nitrogen and oxygen atoms in total. The molecule has 0 atom stereocenters. The van der Waals surface area contributed by atoms with Crippen LogP contribution in [-0.2, 0) is 22.1 Å². The maximum atomic E-state index is 12.3. The van der Waals surface area contributed by atoms with Crippen molar-refractivity contribution in [3.8, 4) is 0 Å². The summed E-state index contributed by atoms with van der Waals surface area (Å²) in [7, 11) is -3.46. The number of H-pyrrole nitrogens is 1.